The van der Waals surface area contributed by atoms with E-state index in [-0.39, 0.29) is 0 Å². The number of ether oxygens (including phenoxy) is 1. The summed E-state index contributed by atoms with van der Waals surface area (Å²) in [5, 5.41) is 0.368. The quantitative estimate of drug-likeness (QED) is 0.470. The predicted octanol–water partition coefficient (Wildman–Crippen LogP) is 2.94. The summed E-state index contributed by atoms with van der Waals surface area (Å²) in [7, 11) is 1.65. The van der Waals surface area contributed by atoms with Crippen molar-refractivity contribution >= 4 is 17.4 Å². The number of nitrogen functional groups attached to an aromatic ring is 1. The molecular weight excluding hydrogens is 194 g/mol. The first-order chi connectivity index (χ1) is 6.67. The fourth-order valence-electron chi connectivity index (χ4n) is 1.03. The molecule has 1 unspecified atom stereocenters. The van der Waals surface area contributed by atoms with Crippen LogP contribution in [0.1, 0.15) is 6.92 Å². The van der Waals surface area contributed by atoms with E-state index in [0.717, 1.165) is 16.3 Å². The van der Waals surface area contributed by atoms with E-state index in [2.05, 4.69) is 13.5 Å². The molecule has 0 saturated heterocycles. The minimum Gasteiger partial charge on any atom is -0.496 e. The molecule has 0 fully saturated rings. The Balaban J connectivity index is 2.90. The van der Waals surface area contributed by atoms with Crippen LogP contribution in [-0.4, -0.2) is 12.4 Å². The van der Waals surface area contributed by atoms with Gasteiger partial charge in [-0.3, -0.25) is 0 Å². The first-order valence-corrected chi connectivity index (χ1v) is 5.28. The first-order valence-electron chi connectivity index (χ1n) is 4.40. The molecule has 0 heterocycles. The maximum absolute atomic E-state index is 5.66. The number of rotatable bonds is 4. The van der Waals surface area contributed by atoms with Crippen LogP contribution < -0.4 is 10.5 Å². The Kier molecular flexibility index (Phi) is 3.89. The molecule has 3 heteroatoms. The zero-order chi connectivity index (χ0) is 10.6. The molecule has 1 aromatic carbocycles. The third kappa shape index (κ3) is 2.70. The van der Waals surface area contributed by atoms with Crippen molar-refractivity contribution in [3.63, 3.8) is 0 Å². The van der Waals surface area contributed by atoms with Gasteiger partial charge in [0, 0.05) is 17.0 Å². The molecule has 14 heavy (non-hydrogen) atoms. The first kappa shape index (κ1) is 11.0. The lowest BCUT2D eigenvalue weighted by Gasteiger charge is -2.10. The van der Waals surface area contributed by atoms with Gasteiger partial charge in [0.2, 0.25) is 0 Å². The van der Waals surface area contributed by atoms with Crippen molar-refractivity contribution in [2.45, 2.75) is 17.1 Å². The Morgan fingerprint density at radius 3 is 2.86 bits per heavy atom. The lowest BCUT2D eigenvalue weighted by atomic mass is 10.3. The van der Waals surface area contributed by atoms with Crippen LogP contribution in [0.15, 0.2) is 35.7 Å². The smallest absolute Gasteiger partial charge is 0.134 e. The van der Waals surface area contributed by atoms with Gasteiger partial charge in [-0.2, -0.15) is 0 Å². The molecule has 0 saturated carbocycles. The predicted molar refractivity (Wildman–Crippen MR) is 62.9 cm³/mol. The average molecular weight is 209 g/mol. The van der Waals surface area contributed by atoms with Gasteiger partial charge in [-0.1, -0.05) is 6.08 Å². The zero-order valence-electron chi connectivity index (χ0n) is 8.49. The molecule has 0 aliphatic rings. The van der Waals surface area contributed by atoms with Crippen LogP contribution in [0.4, 0.5) is 5.69 Å². The van der Waals surface area contributed by atoms with Gasteiger partial charge in [-0.25, -0.2) is 0 Å². The monoisotopic (exact) mass is 209 g/mol. The Morgan fingerprint density at radius 2 is 2.29 bits per heavy atom. The van der Waals surface area contributed by atoms with E-state index in [4.69, 9.17) is 10.5 Å². The molecule has 0 aromatic heterocycles. The highest BCUT2D eigenvalue weighted by molar-refractivity contribution is 8.00. The summed E-state index contributed by atoms with van der Waals surface area (Å²) in [6, 6.07) is 5.68. The SMILES string of the molecule is C=CC(C)Sc1ccc(N)cc1OC. The Morgan fingerprint density at radius 1 is 1.57 bits per heavy atom. The summed E-state index contributed by atoms with van der Waals surface area (Å²) in [4.78, 5) is 1.09. The van der Waals surface area contributed by atoms with Gasteiger partial charge in [0.15, 0.2) is 0 Å². The van der Waals surface area contributed by atoms with Gasteiger partial charge < -0.3 is 10.5 Å². The molecule has 0 spiro atoms. The standard InChI is InChI=1S/C11H15NOS/c1-4-8(2)14-11-6-5-9(12)7-10(11)13-3/h4-8H,1,12H2,2-3H3. The van der Waals surface area contributed by atoms with Crippen LogP contribution in [0.3, 0.4) is 0 Å². The van der Waals surface area contributed by atoms with Gasteiger partial charge in [0.05, 0.1) is 12.0 Å². The molecule has 1 aromatic rings. The molecule has 2 nitrogen and oxygen atoms in total. The molecule has 0 radical (unpaired) electrons. The van der Waals surface area contributed by atoms with E-state index in [0.29, 0.717) is 5.25 Å². The number of benzene rings is 1. The average Bonchev–Trinajstić information content (AvgIpc) is 2.20. The van der Waals surface area contributed by atoms with Crippen molar-refractivity contribution in [3.05, 3.63) is 30.9 Å². The summed E-state index contributed by atoms with van der Waals surface area (Å²) in [5.74, 6) is 0.823. The van der Waals surface area contributed by atoms with Gasteiger partial charge in [-0.05, 0) is 19.1 Å². The van der Waals surface area contributed by atoms with Crippen LogP contribution in [0.5, 0.6) is 5.75 Å². The molecule has 1 rings (SSSR count). The van der Waals surface area contributed by atoms with E-state index >= 15 is 0 Å². The number of anilines is 1. The minimum atomic E-state index is 0.368. The van der Waals surface area contributed by atoms with Crippen LogP contribution in [-0.2, 0) is 0 Å². The Bertz CT molecular complexity index is 325. The number of thioether (sulfide) groups is 1. The van der Waals surface area contributed by atoms with Gasteiger partial charge in [-0.15, -0.1) is 18.3 Å². The fourth-order valence-corrected chi connectivity index (χ4v) is 1.93. The van der Waals surface area contributed by atoms with E-state index in [9.17, 15) is 0 Å². The number of hydrogen-bond donors (Lipinski definition) is 1. The molecule has 0 aliphatic carbocycles. The summed E-state index contributed by atoms with van der Waals surface area (Å²) < 4.78 is 5.24. The van der Waals surface area contributed by atoms with Gasteiger partial charge >= 0.3 is 0 Å². The molecule has 0 aliphatic heterocycles. The van der Waals surface area contributed by atoms with Crippen molar-refractivity contribution in [1.82, 2.24) is 0 Å². The second-order valence-electron chi connectivity index (χ2n) is 2.97. The van der Waals surface area contributed by atoms with E-state index in [1.54, 1.807) is 18.9 Å². The lowest BCUT2D eigenvalue weighted by molar-refractivity contribution is 0.405. The molecule has 76 valence electrons. The number of nitrogens with two attached hydrogens (primary N) is 1. The van der Waals surface area contributed by atoms with Crippen molar-refractivity contribution in [2.75, 3.05) is 12.8 Å². The maximum Gasteiger partial charge on any atom is 0.134 e. The summed E-state index contributed by atoms with van der Waals surface area (Å²) in [6.45, 7) is 5.83. The normalized spacial score (nSPS) is 12.1. The molecule has 1 atom stereocenters. The zero-order valence-corrected chi connectivity index (χ0v) is 9.30. The highest BCUT2D eigenvalue weighted by Crippen LogP contribution is 2.33. The van der Waals surface area contributed by atoms with Crippen LogP contribution in [0.25, 0.3) is 0 Å². The highest BCUT2D eigenvalue weighted by Gasteiger charge is 2.06. The Labute approximate surface area is 89.1 Å². The highest BCUT2D eigenvalue weighted by atomic mass is 32.2. The third-order valence-corrected chi connectivity index (χ3v) is 2.99. The molecular formula is C11H15NOS. The summed E-state index contributed by atoms with van der Waals surface area (Å²) in [6.07, 6.45) is 1.90. The summed E-state index contributed by atoms with van der Waals surface area (Å²) >= 11 is 1.70. The van der Waals surface area contributed by atoms with Crippen molar-refractivity contribution in [3.8, 4) is 5.75 Å². The van der Waals surface area contributed by atoms with Crippen molar-refractivity contribution in [2.24, 2.45) is 0 Å². The molecule has 2 N–H and O–H groups in total. The minimum absolute atomic E-state index is 0.368. The van der Waals surface area contributed by atoms with Crippen molar-refractivity contribution in [1.29, 1.82) is 0 Å². The molecule has 0 amide bonds. The summed E-state index contributed by atoms with van der Waals surface area (Å²) in [5.41, 5.74) is 6.38. The fraction of sp³-hybridized carbons (Fsp3) is 0.273. The topological polar surface area (TPSA) is 35.2 Å². The van der Waals surface area contributed by atoms with Gasteiger partial charge in [0.1, 0.15) is 5.75 Å². The van der Waals surface area contributed by atoms with Crippen LogP contribution >= 0.6 is 11.8 Å². The maximum atomic E-state index is 5.66. The van der Waals surface area contributed by atoms with Gasteiger partial charge in [0.25, 0.3) is 0 Å². The lowest BCUT2D eigenvalue weighted by Crippen LogP contribution is -1.93. The number of hydrogen-bond acceptors (Lipinski definition) is 3. The second-order valence-corrected chi connectivity index (χ2v) is 4.39. The number of methoxy groups -OCH3 is 1. The second kappa shape index (κ2) is 4.96. The Hall–Kier alpha value is -1.09. The van der Waals surface area contributed by atoms with Crippen LogP contribution in [0.2, 0.25) is 0 Å². The van der Waals surface area contributed by atoms with E-state index in [1.807, 2.05) is 24.3 Å². The largest absolute Gasteiger partial charge is 0.496 e. The van der Waals surface area contributed by atoms with E-state index in [1.165, 1.54) is 0 Å². The molecule has 0 bridgehead atoms. The van der Waals surface area contributed by atoms with Crippen molar-refractivity contribution < 1.29 is 4.74 Å². The van der Waals surface area contributed by atoms with Crippen LogP contribution in [0, 0.1) is 0 Å². The van der Waals surface area contributed by atoms with E-state index < -0.39 is 0 Å². The third-order valence-electron chi connectivity index (χ3n) is 1.83.